The van der Waals surface area contributed by atoms with Crippen molar-refractivity contribution in [1.82, 2.24) is 14.5 Å². The molecule has 2 aromatic rings. The Morgan fingerprint density at radius 2 is 2.04 bits per heavy atom. The van der Waals surface area contributed by atoms with Gasteiger partial charge in [-0.05, 0) is 40.1 Å². The summed E-state index contributed by atoms with van der Waals surface area (Å²) >= 11 is 3.53. The Morgan fingerprint density at radius 1 is 1.32 bits per heavy atom. The van der Waals surface area contributed by atoms with Crippen molar-refractivity contribution >= 4 is 41.1 Å². The van der Waals surface area contributed by atoms with Crippen molar-refractivity contribution in [2.45, 2.75) is 51.2 Å². The van der Waals surface area contributed by atoms with E-state index in [1.807, 2.05) is 16.8 Å². The maximum absolute atomic E-state index is 6.27. The predicted octanol–water partition coefficient (Wildman–Crippen LogP) is 4.25. The summed E-state index contributed by atoms with van der Waals surface area (Å²) < 4.78 is 15.2. The van der Waals surface area contributed by atoms with Crippen LogP contribution in [0.2, 0.25) is 18.1 Å². The average Bonchev–Trinajstić information content (AvgIpc) is 3.09. The van der Waals surface area contributed by atoms with E-state index in [-0.39, 0.29) is 17.4 Å². The third kappa shape index (κ3) is 3.53. The summed E-state index contributed by atoms with van der Waals surface area (Å²) in [5.74, 6) is 0.454. The molecule has 0 aliphatic carbocycles. The van der Waals surface area contributed by atoms with Crippen LogP contribution in [0.4, 0.5) is 5.82 Å². The molecule has 0 saturated carbocycles. The fourth-order valence-corrected chi connectivity index (χ4v) is 4.12. The summed E-state index contributed by atoms with van der Waals surface area (Å²) in [5, 5.41) is 0.991. The van der Waals surface area contributed by atoms with E-state index in [0.717, 1.165) is 15.5 Å². The van der Waals surface area contributed by atoms with Crippen LogP contribution >= 0.6 is 15.9 Å². The summed E-state index contributed by atoms with van der Waals surface area (Å²) in [6.45, 7) is 11.8. The maximum atomic E-state index is 6.27. The average molecular weight is 425 g/mol. The van der Waals surface area contributed by atoms with Gasteiger partial charge in [0.25, 0.3) is 0 Å². The van der Waals surface area contributed by atoms with Crippen LogP contribution in [0.1, 0.15) is 27.0 Å². The van der Waals surface area contributed by atoms with Crippen LogP contribution in [-0.4, -0.2) is 35.6 Å². The molecule has 1 aliphatic heterocycles. The molecule has 2 atom stereocenters. The Balaban J connectivity index is 1.73. The van der Waals surface area contributed by atoms with Crippen molar-refractivity contribution in [3.63, 3.8) is 0 Å². The standard InChI is InChI=1S/C17H25BrN4O2Si/c1-17(2,3)25(4,5)23-9-11-6-7-13(24-11)22-8-12(18)14-15(19)20-10-21-16(14)22/h6-8,10-11,13H,9H2,1-5H3,(H2,19,20,21)/t11-,13+/m0/s1. The topological polar surface area (TPSA) is 75.2 Å². The summed E-state index contributed by atoms with van der Waals surface area (Å²) in [6, 6.07) is 0. The van der Waals surface area contributed by atoms with E-state index in [0.29, 0.717) is 12.4 Å². The van der Waals surface area contributed by atoms with E-state index in [1.165, 1.54) is 6.33 Å². The summed E-state index contributed by atoms with van der Waals surface area (Å²) in [6.07, 6.45) is 7.20. The van der Waals surface area contributed by atoms with E-state index < -0.39 is 8.32 Å². The largest absolute Gasteiger partial charge is 0.414 e. The molecule has 2 N–H and O–H groups in total. The lowest BCUT2D eigenvalue weighted by Gasteiger charge is -2.36. The molecule has 0 bridgehead atoms. The van der Waals surface area contributed by atoms with E-state index >= 15 is 0 Å². The molecule has 8 heteroatoms. The molecular weight excluding hydrogens is 400 g/mol. The van der Waals surface area contributed by atoms with Gasteiger partial charge in [0, 0.05) is 10.7 Å². The van der Waals surface area contributed by atoms with Crippen LogP contribution in [-0.2, 0) is 9.16 Å². The van der Waals surface area contributed by atoms with Gasteiger partial charge in [-0.1, -0.05) is 26.8 Å². The maximum Gasteiger partial charge on any atom is 0.192 e. The normalized spacial score (nSPS) is 21.4. The first kappa shape index (κ1) is 18.6. The van der Waals surface area contributed by atoms with Crippen molar-refractivity contribution in [3.05, 3.63) is 29.1 Å². The third-order valence-corrected chi connectivity index (χ3v) is 10.2. The molecule has 0 aromatic carbocycles. The molecule has 3 heterocycles. The van der Waals surface area contributed by atoms with Crippen LogP contribution in [0.3, 0.4) is 0 Å². The minimum Gasteiger partial charge on any atom is -0.414 e. The van der Waals surface area contributed by atoms with Crippen LogP contribution in [0, 0.1) is 0 Å². The van der Waals surface area contributed by atoms with Gasteiger partial charge in [0.05, 0.1) is 12.0 Å². The number of anilines is 1. The fraction of sp³-hybridized carbons (Fsp3) is 0.529. The van der Waals surface area contributed by atoms with E-state index in [9.17, 15) is 0 Å². The molecule has 25 heavy (non-hydrogen) atoms. The van der Waals surface area contributed by atoms with Gasteiger partial charge in [-0.3, -0.25) is 0 Å². The second-order valence-corrected chi connectivity index (χ2v) is 13.5. The number of nitrogens with zero attached hydrogens (tertiary/aromatic N) is 3. The van der Waals surface area contributed by atoms with Crippen LogP contribution in [0.25, 0.3) is 11.0 Å². The lowest BCUT2D eigenvalue weighted by molar-refractivity contribution is -0.00359. The van der Waals surface area contributed by atoms with Gasteiger partial charge in [-0.25, -0.2) is 9.97 Å². The zero-order valence-corrected chi connectivity index (χ0v) is 17.9. The Morgan fingerprint density at radius 3 is 2.72 bits per heavy atom. The molecule has 136 valence electrons. The van der Waals surface area contributed by atoms with Crippen LogP contribution in [0.5, 0.6) is 0 Å². The summed E-state index contributed by atoms with van der Waals surface area (Å²) in [5.41, 5.74) is 6.71. The molecule has 0 unspecified atom stereocenters. The first-order chi connectivity index (χ1) is 11.6. The lowest BCUT2D eigenvalue weighted by atomic mass is 10.2. The van der Waals surface area contributed by atoms with Gasteiger partial charge in [-0.15, -0.1) is 0 Å². The van der Waals surface area contributed by atoms with Crippen molar-refractivity contribution in [3.8, 4) is 0 Å². The van der Waals surface area contributed by atoms with Gasteiger partial charge in [0.1, 0.15) is 23.9 Å². The smallest absolute Gasteiger partial charge is 0.192 e. The zero-order chi connectivity index (χ0) is 18.4. The van der Waals surface area contributed by atoms with Crippen molar-refractivity contribution in [2.75, 3.05) is 12.3 Å². The highest BCUT2D eigenvalue weighted by molar-refractivity contribution is 9.10. The molecule has 6 nitrogen and oxygen atoms in total. The Labute approximate surface area is 157 Å². The van der Waals surface area contributed by atoms with Gasteiger partial charge >= 0.3 is 0 Å². The molecule has 0 fully saturated rings. The second-order valence-electron chi connectivity index (χ2n) is 7.86. The second kappa shape index (κ2) is 6.50. The van der Waals surface area contributed by atoms with Gasteiger partial charge in [-0.2, -0.15) is 0 Å². The van der Waals surface area contributed by atoms with Gasteiger partial charge < -0.3 is 19.5 Å². The van der Waals surface area contributed by atoms with Gasteiger partial charge in [0.2, 0.25) is 0 Å². The molecule has 0 saturated heterocycles. The van der Waals surface area contributed by atoms with Gasteiger partial charge in [0.15, 0.2) is 14.5 Å². The predicted molar refractivity (Wildman–Crippen MR) is 106 cm³/mol. The number of rotatable bonds is 4. The number of hydrogen-bond acceptors (Lipinski definition) is 5. The fourth-order valence-electron chi connectivity index (χ4n) is 2.51. The summed E-state index contributed by atoms with van der Waals surface area (Å²) in [4.78, 5) is 8.41. The molecule has 0 amide bonds. The highest BCUT2D eigenvalue weighted by Crippen LogP contribution is 2.37. The lowest BCUT2D eigenvalue weighted by Crippen LogP contribution is -2.42. The Hall–Kier alpha value is -1.22. The molecule has 0 spiro atoms. The molecule has 3 rings (SSSR count). The van der Waals surface area contributed by atoms with E-state index in [1.54, 1.807) is 0 Å². The third-order valence-electron chi connectivity index (χ3n) is 5.09. The molecule has 2 aromatic heterocycles. The molecular formula is C17H25BrN4O2Si. The number of halogens is 1. The quantitative estimate of drug-likeness (QED) is 0.586. The number of nitrogen functional groups attached to an aromatic ring is 1. The Bertz CT molecular complexity index is 813. The van der Waals surface area contributed by atoms with Crippen molar-refractivity contribution in [2.24, 2.45) is 0 Å². The number of fused-ring (bicyclic) bond motifs is 1. The van der Waals surface area contributed by atoms with Crippen molar-refractivity contribution < 1.29 is 9.16 Å². The highest BCUT2D eigenvalue weighted by atomic mass is 79.9. The number of nitrogens with two attached hydrogens (primary N) is 1. The number of aromatic nitrogens is 3. The molecule has 0 radical (unpaired) electrons. The highest BCUT2D eigenvalue weighted by Gasteiger charge is 2.38. The number of hydrogen-bond donors (Lipinski definition) is 1. The first-order valence-electron chi connectivity index (χ1n) is 8.34. The minimum atomic E-state index is -1.79. The van der Waals surface area contributed by atoms with Crippen LogP contribution < -0.4 is 5.73 Å². The Kier molecular flexibility index (Phi) is 4.82. The van der Waals surface area contributed by atoms with E-state index in [2.05, 4.69) is 65.8 Å². The zero-order valence-electron chi connectivity index (χ0n) is 15.3. The van der Waals surface area contributed by atoms with E-state index in [4.69, 9.17) is 14.9 Å². The SMILES string of the molecule is CC(C)(C)[Si](C)(C)OC[C@@H]1C=C[C@H](n2cc(Br)c3c(N)ncnc32)O1. The van der Waals surface area contributed by atoms with Crippen LogP contribution in [0.15, 0.2) is 29.1 Å². The summed E-state index contributed by atoms with van der Waals surface area (Å²) in [7, 11) is -1.79. The molecule has 1 aliphatic rings. The number of ether oxygens (including phenoxy) is 1. The van der Waals surface area contributed by atoms with Crippen molar-refractivity contribution in [1.29, 1.82) is 0 Å². The monoisotopic (exact) mass is 424 g/mol. The first-order valence-corrected chi connectivity index (χ1v) is 12.0. The minimum absolute atomic E-state index is 0.0606.